The molecule has 0 radical (unpaired) electrons. The second-order valence-corrected chi connectivity index (χ2v) is 3.27. The van der Waals surface area contributed by atoms with Gasteiger partial charge < -0.3 is 4.74 Å². The number of nitrogens with one attached hydrogen (secondary N) is 1. The van der Waals surface area contributed by atoms with Crippen molar-refractivity contribution >= 4 is 23.5 Å². The Balaban J connectivity index is 3.40. The summed E-state index contributed by atoms with van der Waals surface area (Å²) in [5.74, 6) is -0.449. The van der Waals surface area contributed by atoms with Crippen LogP contribution >= 0.6 is 11.8 Å². The van der Waals surface area contributed by atoms with Gasteiger partial charge in [-0.15, -0.1) is 6.58 Å². The minimum atomic E-state index is -0.345. The van der Waals surface area contributed by atoms with Crippen molar-refractivity contribution in [1.29, 1.82) is 0 Å². The molecule has 0 aromatic heterocycles. The molecule has 0 atom stereocenters. The molecular formula is C10H16ClNO3. The highest BCUT2D eigenvalue weighted by atomic mass is 35.5. The number of hydrogen-bond acceptors (Lipinski definition) is 4. The summed E-state index contributed by atoms with van der Waals surface area (Å²) in [7, 11) is 0. The molecule has 1 N–H and O–H groups in total. The van der Waals surface area contributed by atoms with Crippen LogP contribution in [-0.4, -0.2) is 24.9 Å². The first-order chi connectivity index (χ1) is 7.20. The van der Waals surface area contributed by atoms with Gasteiger partial charge in [-0.3, -0.25) is 9.59 Å². The number of esters is 1. The predicted molar refractivity (Wildman–Crippen MR) is 58.5 cm³/mol. The number of ketones is 1. The standard InChI is InChI=1S/C10H16ClNO3/c1-2-3-4-7-15-10(14)6-5-9(13)8-12-11/h2,12H,1,3-8H2. The minimum Gasteiger partial charge on any atom is -0.466 e. The van der Waals surface area contributed by atoms with Crippen molar-refractivity contribution in [1.82, 2.24) is 4.84 Å². The Bertz CT molecular complexity index is 219. The number of halogens is 1. The topological polar surface area (TPSA) is 55.4 Å². The average molecular weight is 234 g/mol. The maximum absolute atomic E-state index is 11.1. The number of ether oxygens (including phenoxy) is 1. The van der Waals surface area contributed by atoms with Crippen molar-refractivity contribution in [2.45, 2.75) is 25.7 Å². The van der Waals surface area contributed by atoms with Gasteiger partial charge in [0.1, 0.15) is 5.78 Å². The lowest BCUT2D eigenvalue weighted by Crippen LogP contribution is -2.16. The molecule has 15 heavy (non-hydrogen) atoms. The number of allylic oxidation sites excluding steroid dienone is 1. The number of unbranched alkanes of at least 4 members (excludes halogenated alkanes) is 1. The lowest BCUT2D eigenvalue weighted by molar-refractivity contribution is -0.144. The van der Waals surface area contributed by atoms with E-state index in [1.54, 1.807) is 6.08 Å². The van der Waals surface area contributed by atoms with Crippen LogP contribution in [0.5, 0.6) is 0 Å². The summed E-state index contributed by atoms with van der Waals surface area (Å²) in [5, 5.41) is 0. The van der Waals surface area contributed by atoms with E-state index < -0.39 is 0 Å². The van der Waals surface area contributed by atoms with Gasteiger partial charge in [0.25, 0.3) is 0 Å². The lowest BCUT2D eigenvalue weighted by Gasteiger charge is -2.02. The van der Waals surface area contributed by atoms with Gasteiger partial charge in [-0.25, -0.2) is 4.84 Å². The highest BCUT2D eigenvalue weighted by Gasteiger charge is 2.06. The Morgan fingerprint density at radius 2 is 2.13 bits per heavy atom. The number of carbonyl (C=O) groups is 2. The van der Waals surface area contributed by atoms with Gasteiger partial charge in [0.05, 0.1) is 19.6 Å². The van der Waals surface area contributed by atoms with Crippen LogP contribution in [0.3, 0.4) is 0 Å². The first-order valence-corrected chi connectivity index (χ1v) is 5.20. The van der Waals surface area contributed by atoms with Crippen LogP contribution in [-0.2, 0) is 14.3 Å². The van der Waals surface area contributed by atoms with E-state index in [9.17, 15) is 9.59 Å². The zero-order chi connectivity index (χ0) is 11.5. The van der Waals surface area contributed by atoms with E-state index in [1.807, 2.05) is 0 Å². The Hall–Kier alpha value is -0.870. The van der Waals surface area contributed by atoms with Gasteiger partial charge in [-0.1, -0.05) is 6.08 Å². The van der Waals surface area contributed by atoms with Crippen molar-refractivity contribution in [2.75, 3.05) is 13.2 Å². The summed E-state index contributed by atoms with van der Waals surface area (Å²) in [6.45, 7) is 4.01. The molecule has 0 fully saturated rings. The van der Waals surface area contributed by atoms with Gasteiger partial charge >= 0.3 is 5.97 Å². The molecule has 0 saturated carbocycles. The van der Waals surface area contributed by atoms with E-state index >= 15 is 0 Å². The maximum Gasteiger partial charge on any atom is 0.306 e. The van der Waals surface area contributed by atoms with E-state index in [2.05, 4.69) is 11.4 Å². The Morgan fingerprint density at radius 3 is 2.73 bits per heavy atom. The minimum absolute atomic E-state index is 0.0747. The van der Waals surface area contributed by atoms with Crippen LogP contribution in [0.1, 0.15) is 25.7 Å². The third-order valence-electron chi connectivity index (χ3n) is 1.69. The molecule has 0 unspecified atom stereocenters. The zero-order valence-corrected chi connectivity index (χ0v) is 9.39. The fourth-order valence-corrected chi connectivity index (χ4v) is 1.04. The van der Waals surface area contributed by atoms with Crippen LogP contribution in [0.15, 0.2) is 12.7 Å². The van der Waals surface area contributed by atoms with Gasteiger partial charge in [0, 0.05) is 6.42 Å². The number of Topliss-reactive ketones (excluding diaryl/α,β-unsaturated/α-hetero) is 1. The van der Waals surface area contributed by atoms with E-state index in [1.165, 1.54) is 0 Å². The highest BCUT2D eigenvalue weighted by molar-refractivity contribution is 6.14. The van der Waals surface area contributed by atoms with Crippen molar-refractivity contribution in [3.8, 4) is 0 Å². The second kappa shape index (κ2) is 9.68. The fraction of sp³-hybridized carbons (Fsp3) is 0.600. The molecule has 5 heteroatoms. The normalized spacial score (nSPS) is 9.67. The van der Waals surface area contributed by atoms with Crippen LogP contribution in [0.2, 0.25) is 0 Å². The molecule has 0 amide bonds. The molecule has 0 spiro atoms. The van der Waals surface area contributed by atoms with E-state index in [0.717, 1.165) is 12.8 Å². The molecule has 0 aromatic carbocycles. The molecule has 0 aromatic rings. The van der Waals surface area contributed by atoms with Gasteiger partial charge in [0.2, 0.25) is 0 Å². The Labute approximate surface area is 94.7 Å². The molecule has 0 aliphatic carbocycles. The molecule has 0 saturated heterocycles. The maximum atomic E-state index is 11.1. The smallest absolute Gasteiger partial charge is 0.306 e. The van der Waals surface area contributed by atoms with Crippen molar-refractivity contribution in [2.24, 2.45) is 0 Å². The van der Waals surface area contributed by atoms with E-state index in [4.69, 9.17) is 16.5 Å². The summed E-state index contributed by atoms with van der Waals surface area (Å²) >= 11 is 5.13. The summed E-state index contributed by atoms with van der Waals surface area (Å²) in [4.78, 5) is 24.2. The first-order valence-electron chi connectivity index (χ1n) is 4.82. The number of hydrogen-bond donors (Lipinski definition) is 1. The van der Waals surface area contributed by atoms with Gasteiger partial charge in [-0.2, -0.15) is 0 Å². The molecule has 0 aliphatic heterocycles. The predicted octanol–water partition coefficient (Wildman–Crippen LogP) is 1.59. The van der Waals surface area contributed by atoms with Gasteiger partial charge in [-0.05, 0) is 24.6 Å². The third kappa shape index (κ3) is 9.43. The molecular weight excluding hydrogens is 218 g/mol. The Kier molecular flexibility index (Phi) is 9.11. The molecule has 4 nitrogen and oxygen atoms in total. The second-order valence-electron chi connectivity index (χ2n) is 3.00. The lowest BCUT2D eigenvalue weighted by atomic mass is 10.2. The van der Waals surface area contributed by atoms with Crippen LogP contribution in [0.4, 0.5) is 0 Å². The molecule has 0 rings (SSSR count). The molecule has 0 heterocycles. The molecule has 86 valence electrons. The molecule has 0 bridgehead atoms. The Morgan fingerprint density at radius 1 is 1.40 bits per heavy atom. The zero-order valence-electron chi connectivity index (χ0n) is 8.63. The summed E-state index contributed by atoms with van der Waals surface area (Å²) in [6, 6.07) is 0. The van der Waals surface area contributed by atoms with Crippen LogP contribution < -0.4 is 4.84 Å². The largest absolute Gasteiger partial charge is 0.466 e. The molecule has 0 aliphatic rings. The third-order valence-corrected chi connectivity index (χ3v) is 1.82. The van der Waals surface area contributed by atoms with Gasteiger partial charge in [0.15, 0.2) is 0 Å². The summed E-state index contributed by atoms with van der Waals surface area (Å²) < 4.78 is 4.88. The summed E-state index contributed by atoms with van der Waals surface area (Å²) in [5.41, 5.74) is 0. The SMILES string of the molecule is C=CCCCOC(=O)CCC(=O)CNCl. The first kappa shape index (κ1) is 14.1. The van der Waals surface area contributed by atoms with Crippen LogP contribution in [0, 0.1) is 0 Å². The van der Waals surface area contributed by atoms with E-state index in [0.29, 0.717) is 6.61 Å². The number of rotatable bonds is 9. The quantitative estimate of drug-likeness (QED) is 0.284. The van der Waals surface area contributed by atoms with Crippen molar-refractivity contribution in [3.63, 3.8) is 0 Å². The van der Waals surface area contributed by atoms with Crippen molar-refractivity contribution < 1.29 is 14.3 Å². The average Bonchev–Trinajstić information content (AvgIpc) is 2.22. The fourth-order valence-electron chi connectivity index (χ4n) is 0.890. The van der Waals surface area contributed by atoms with Crippen LogP contribution in [0.25, 0.3) is 0 Å². The highest BCUT2D eigenvalue weighted by Crippen LogP contribution is 1.97. The number of carbonyl (C=O) groups excluding carboxylic acids is 2. The monoisotopic (exact) mass is 233 g/mol. The van der Waals surface area contributed by atoms with E-state index in [-0.39, 0.29) is 31.1 Å². The summed E-state index contributed by atoms with van der Waals surface area (Å²) in [6.07, 6.45) is 3.64. The van der Waals surface area contributed by atoms with Crippen molar-refractivity contribution in [3.05, 3.63) is 12.7 Å².